The highest BCUT2D eigenvalue weighted by molar-refractivity contribution is 5.92. The van der Waals surface area contributed by atoms with Crippen LogP contribution in [0.25, 0.3) is 44.7 Å². The Morgan fingerprint density at radius 3 is 2.60 bits per heavy atom. The van der Waals surface area contributed by atoms with E-state index in [1.165, 1.54) is 6.42 Å². The van der Waals surface area contributed by atoms with E-state index in [0.29, 0.717) is 0 Å². The topological polar surface area (TPSA) is 95.6 Å². The Hall–Kier alpha value is -4.66. The number of unbranched alkanes of at least 4 members (excludes halogenated alkanes) is 1. The molecule has 1 aliphatic heterocycles. The molecule has 0 fully saturated rings. The van der Waals surface area contributed by atoms with Gasteiger partial charge in [0.1, 0.15) is 17.4 Å². The Balaban J connectivity index is 1.38. The number of imidazole rings is 2. The number of aromatic nitrogens is 5. The van der Waals surface area contributed by atoms with Gasteiger partial charge in [0, 0.05) is 27.6 Å². The molecule has 4 N–H and O–H groups in total. The lowest BCUT2D eigenvalue weighted by molar-refractivity contribution is 0.173. The molecule has 0 aliphatic carbocycles. The van der Waals surface area contributed by atoms with Gasteiger partial charge in [-0.1, -0.05) is 70.2 Å². The minimum absolute atomic E-state index is 0.192. The standard InChI is InChI=1S/C37H43N7O/c1-6-10-17-39-23-35-40-21-30(42-35)25-14-16-32-27(18-25)19-33-28-15-13-26(31-22-41-36(43-31)29(38-5)12-8-3)20-34(28)45-37(44(32)33)24(9-4)11-7-2/h7,9,11,13-16,18-22,29,37-39H,2,4,6,8,10,12,17,23H2,1,3,5H3,(H,40,42)(H,41,43)/b24-11+. The number of fused-ring (bicyclic) bond motifs is 5. The summed E-state index contributed by atoms with van der Waals surface area (Å²) in [5.41, 5.74) is 8.22. The van der Waals surface area contributed by atoms with Crippen molar-refractivity contribution in [2.45, 2.75) is 58.3 Å². The molecule has 0 saturated heterocycles. The molecule has 6 rings (SSSR count). The van der Waals surface area contributed by atoms with E-state index in [4.69, 9.17) is 4.74 Å². The van der Waals surface area contributed by atoms with E-state index < -0.39 is 6.23 Å². The van der Waals surface area contributed by atoms with E-state index in [2.05, 4.69) is 105 Å². The second-order valence-corrected chi connectivity index (χ2v) is 11.5. The molecule has 3 aromatic heterocycles. The summed E-state index contributed by atoms with van der Waals surface area (Å²) in [4.78, 5) is 16.3. The van der Waals surface area contributed by atoms with Gasteiger partial charge < -0.3 is 29.9 Å². The maximum absolute atomic E-state index is 6.79. The SMILES string of the molecule is C=C/C=C(\C=C)C1Oc2cc(-c3cnc(C(CCC)NC)[nH]3)ccc2-c2cc3cc(-c4cnc(CNCCCC)[nH]4)ccc3n21. The van der Waals surface area contributed by atoms with Crippen LogP contribution in [0.4, 0.5) is 0 Å². The zero-order valence-electron chi connectivity index (χ0n) is 26.5. The summed E-state index contributed by atoms with van der Waals surface area (Å²) in [6.45, 7) is 14.1. The normalized spacial score (nSPS) is 15.0. The largest absolute Gasteiger partial charge is 0.465 e. The predicted molar refractivity (Wildman–Crippen MR) is 184 cm³/mol. The van der Waals surface area contributed by atoms with Crippen molar-refractivity contribution in [3.8, 4) is 39.5 Å². The lowest BCUT2D eigenvalue weighted by atomic mass is 10.0. The van der Waals surface area contributed by atoms with Crippen LogP contribution in [0.2, 0.25) is 0 Å². The quantitative estimate of drug-likeness (QED) is 0.0760. The molecule has 0 spiro atoms. The molecular formula is C37H43N7O. The molecule has 2 atom stereocenters. The van der Waals surface area contributed by atoms with Crippen LogP contribution in [0.1, 0.15) is 63.4 Å². The maximum Gasteiger partial charge on any atom is 0.203 e. The van der Waals surface area contributed by atoms with Crippen LogP contribution in [0.15, 0.2) is 91.8 Å². The molecule has 8 heteroatoms. The summed E-state index contributed by atoms with van der Waals surface area (Å²) in [5, 5.41) is 7.95. The summed E-state index contributed by atoms with van der Waals surface area (Å²) in [6.07, 6.45) is 13.4. The van der Waals surface area contributed by atoms with Gasteiger partial charge in [-0.25, -0.2) is 9.97 Å². The third-order valence-corrected chi connectivity index (χ3v) is 8.50. The molecule has 45 heavy (non-hydrogen) atoms. The van der Waals surface area contributed by atoms with E-state index in [1.54, 1.807) is 6.08 Å². The molecule has 0 bridgehead atoms. The Labute approximate surface area is 265 Å². The second kappa shape index (κ2) is 13.5. The van der Waals surface area contributed by atoms with Crippen LogP contribution < -0.4 is 15.4 Å². The molecular weight excluding hydrogens is 558 g/mol. The van der Waals surface area contributed by atoms with E-state index in [0.717, 1.165) is 100.0 Å². The zero-order chi connectivity index (χ0) is 31.3. The van der Waals surface area contributed by atoms with Crippen LogP contribution in [0.3, 0.4) is 0 Å². The molecule has 4 heterocycles. The average molecular weight is 602 g/mol. The first kappa shape index (κ1) is 30.4. The smallest absolute Gasteiger partial charge is 0.203 e. The minimum atomic E-state index is -0.398. The Morgan fingerprint density at radius 2 is 1.82 bits per heavy atom. The van der Waals surface area contributed by atoms with Crippen molar-refractivity contribution < 1.29 is 4.74 Å². The molecule has 5 aromatic rings. The highest BCUT2D eigenvalue weighted by Gasteiger charge is 2.30. The Morgan fingerprint density at radius 1 is 1.02 bits per heavy atom. The first-order valence-electron chi connectivity index (χ1n) is 16.0. The summed E-state index contributed by atoms with van der Waals surface area (Å²) in [5.74, 6) is 2.70. The van der Waals surface area contributed by atoms with Crippen molar-refractivity contribution >= 4 is 10.9 Å². The third kappa shape index (κ3) is 6.03. The van der Waals surface area contributed by atoms with Gasteiger partial charge in [0.15, 0.2) is 0 Å². The van der Waals surface area contributed by atoms with E-state index in [-0.39, 0.29) is 6.04 Å². The maximum atomic E-state index is 6.79. The molecule has 0 amide bonds. The number of nitrogens with one attached hydrogen (secondary N) is 4. The summed E-state index contributed by atoms with van der Waals surface area (Å²) in [6, 6.07) is 15.4. The highest BCUT2D eigenvalue weighted by Crippen LogP contribution is 2.46. The fourth-order valence-electron chi connectivity index (χ4n) is 6.11. The number of aromatic amines is 2. The number of H-pyrrole nitrogens is 2. The van der Waals surface area contributed by atoms with E-state index >= 15 is 0 Å². The minimum Gasteiger partial charge on any atom is -0.465 e. The molecule has 0 saturated carbocycles. The van der Waals surface area contributed by atoms with Crippen LogP contribution in [-0.2, 0) is 6.54 Å². The number of ether oxygens (including phenoxy) is 1. The van der Waals surface area contributed by atoms with Gasteiger partial charge in [-0.15, -0.1) is 0 Å². The molecule has 0 radical (unpaired) electrons. The first-order chi connectivity index (χ1) is 22.1. The van der Waals surface area contributed by atoms with Gasteiger partial charge in [0.25, 0.3) is 0 Å². The second-order valence-electron chi connectivity index (χ2n) is 11.5. The molecule has 2 aromatic carbocycles. The van der Waals surface area contributed by atoms with Crippen molar-refractivity contribution in [2.75, 3.05) is 13.6 Å². The molecule has 232 valence electrons. The fourth-order valence-corrected chi connectivity index (χ4v) is 6.11. The number of rotatable bonds is 14. The van der Waals surface area contributed by atoms with Crippen LogP contribution in [0.5, 0.6) is 5.75 Å². The van der Waals surface area contributed by atoms with Gasteiger partial charge in [-0.2, -0.15) is 0 Å². The van der Waals surface area contributed by atoms with Crippen LogP contribution in [-0.4, -0.2) is 38.1 Å². The van der Waals surface area contributed by atoms with Gasteiger partial charge in [-0.3, -0.25) is 0 Å². The van der Waals surface area contributed by atoms with Gasteiger partial charge in [-0.05, 0) is 56.8 Å². The molecule has 1 aliphatic rings. The predicted octanol–water partition coefficient (Wildman–Crippen LogP) is 8.23. The number of nitrogens with zero attached hydrogens (tertiary/aromatic N) is 3. The zero-order valence-corrected chi connectivity index (χ0v) is 26.5. The summed E-state index contributed by atoms with van der Waals surface area (Å²) >= 11 is 0. The highest BCUT2D eigenvalue weighted by atomic mass is 16.5. The van der Waals surface area contributed by atoms with Crippen LogP contribution in [0, 0.1) is 0 Å². The van der Waals surface area contributed by atoms with Gasteiger partial charge >= 0.3 is 0 Å². The number of hydrogen-bond donors (Lipinski definition) is 4. The van der Waals surface area contributed by atoms with Crippen molar-refractivity contribution in [3.05, 3.63) is 103 Å². The fraction of sp³-hybridized carbons (Fsp3) is 0.297. The molecule has 2 unspecified atom stereocenters. The van der Waals surface area contributed by atoms with Crippen molar-refractivity contribution in [2.24, 2.45) is 0 Å². The van der Waals surface area contributed by atoms with E-state index in [9.17, 15) is 0 Å². The monoisotopic (exact) mass is 601 g/mol. The number of benzene rings is 2. The van der Waals surface area contributed by atoms with E-state index in [1.807, 2.05) is 31.6 Å². The lowest BCUT2D eigenvalue weighted by Crippen LogP contribution is -2.22. The van der Waals surface area contributed by atoms with Gasteiger partial charge in [0.05, 0.1) is 47.6 Å². The van der Waals surface area contributed by atoms with Crippen molar-refractivity contribution in [1.82, 2.24) is 35.1 Å². The van der Waals surface area contributed by atoms with Crippen molar-refractivity contribution in [1.29, 1.82) is 0 Å². The third-order valence-electron chi connectivity index (χ3n) is 8.50. The number of allylic oxidation sites excluding steroid dienone is 2. The Kier molecular flexibility index (Phi) is 9.14. The lowest BCUT2D eigenvalue weighted by Gasteiger charge is -2.31. The summed E-state index contributed by atoms with van der Waals surface area (Å²) < 4.78 is 9.04. The van der Waals surface area contributed by atoms with Crippen molar-refractivity contribution in [3.63, 3.8) is 0 Å². The first-order valence-corrected chi connectivity index (χ1v) is 16.0. The molecule has 8 nitrogen and oxygen atoms in total. The van der Waals surface area contributed by atoms with Crippen LogP contribution >= 0.6 is 0 Å². The number of hydrogen-bond acceptors (Lipinski definition) is 5. The summed E-state index contributed by atoms with van der Waals surface area (Å²) in [7, 11) is 1.98. The Bertz CT molecular complexity index is 1840. The average Bonchev–Trinajstić information content (AvgIpc) is 3.83. The van der Waals surface area contributed by atoms with Gasteiger partial charge in [0.2, 0.25) is 6.23 Å².